The zero-order chi connectivity index (χ0) is 13.2. The Morgan fingerprint density at radius 1 is 1.56 bits per heavy atom. The number of anilines is 2. The third-order valence-electron chi connectivity index (χ3n) is 2.34. The van der Waals surface area contributed by atoms with Gasteiger partial charge in [-0.1, -0.05) is 6.92 Å². The lowest BCUT2D eigenvalue weighted by atomic mass is 10.5. The van der Waals surface area contributed by atoms with Crippen molar-refractivity contribution in [1.29, 1.82) is 0 Å². The fourth-order valence-corrected chi connectivity index (χ4v) is 3.57. The molecule has 0 aliphatic rings. The third kappa shape index (κ3) is 2.46. The van der Waals surface area contributed by atoms with Gasteiger partial charge in [0.25, 0.3) is 0 Å². The molecular weight excluding hydrogens is 274 g/mol. The molecule has 9 heteroatoms. The van der Waals surface area contributed by atoms with E-state index in [1.165, 1.54) is 0 Å². The molecule has 4 N–H and O–H groups in total. The molecule has 0 spiro atoms. The van der Waals surface area contributed by atoms with Gasteiger partial charge in [0, 0.05) is 12.4 Å². The van der Waals surface area contributed by atoms with Crippen LogP contribution in [0.25, 0.3) is 0 Å². The highest BCUT2D eigenvalue weighted by Gasteiger charge is 2.23. The standard InChI is InChI=1S/C9H13N5O2S2/c1-2-18(15,16)7-8(10)14-17-9(7)13-5-6-11-3-4-12-6/h3-4,13H,2,5H2,1H3,(H2,10,14)(H,11,12). The minimum Gasteiger partial charge on any atom is -0.382 e. The highest BCUT2D eigenvalue weighted by atomic mass is 32.2. The fraction of sp³-hybridized carbons (Fsp3) is 0.333. The van der Waals surface area contributed by atoms with Crippen LogP contribution in [0.3, 0.4) is 0 Å². The number of nitrogen functional groups attached to an aromatic ring is 1. The van der Waals surface area contributed by atoms with E-state index in [1.54, 1.807) is 19.3 Å². The molecule has 0 radical (unpaired) electrons. The van der Waals surface area contributed by atoms with Crippen LogP contribution >= 0.6 is 11.5 Å². The maximum Gasteiger partial charge on any atom is 0.184 e. The van der Waals surface area contributed by atoms with Crippen LogP contribution in [0.1, 0.15) is 12.7 Å². The van der Waals surface area contributed by atoms with Crippen LogP contribution in [-0.2, 0) is 16.4 Å². The molecule has 0 aliphatic carbocycles. The predicted molar refractivity (Wildman–Crippen MR) is 70.2 cm³/mol. The summed E-state index contributed by atoms with van der Waals surface area (Å²) >= 11 is 1.03. The molecule has 2 rings (SSSR count). The van der Waals surface area contributed by atoms with Crippen molar-refractivity contribution in [2.24, 2.45) is 0 Å². The van der Waals surface area contributed by atoms with Crippen LogP contribution in [-0.4, -0.2) is 28.5 Å². The first-order valence-electron chi connectivity index (χ1n) is 5.24. The Kier molecular flexibility index (Phi) is 3.53. The van der Waals surface area contributed by atoms with Crippen LogP contribution in [0.2, 0.25) is 0 Å². The largest absolute Gasteiger partial charge is 0.382 e. The Hall–Kier alpha value is -1.61. The Morgan fingerprint density at radius 3 is 2.94 bits per heavy atom. The Labute approximate surface area is 109 Å². The molecule has 0 aromatic carbocycles. The fourth-order valence-electron chi connectivity index (χ4n) is 1.41. The molecule has 0 atom stereocenters. The SMILES string of the molecule is CCS(=O)(=O)c1c(N)nsc1NCc1ncc[nH]1. The van der Waals surface area contributed by atoms with E-state index in [0.29, 0.717) is 17.4 Å². The maximum absolute atomic E-state index is 11.9. The maximum atomic E-state index is 11.9. The second-order valence-electron chi connectivity index (χ2n) is 3.52. The number of sulfone groups is 1. The number of hydrogen-bond acceptors (Lipinski definition) is 7. The van der Waals surface area contributed by atoms with Gasteiger partial charge in [-0.3, -0.25) is 0 Å². The number of imidazole rings is 1. The summed E-state index contributed by atoms with van der Waals surface area (Å²) in [5.74, 6) is 0.746. The third-order valence-corrected chi connectivity index (χ3v) is 5.08. The van der Waals surface area contributed by atoms with E-state index in [4.69, 9.17) is 5.73 Å². The average molecular weight is 287 g/mol. The summed E-state index contributed by atoms with van der Waals surface area (Å²) in [5.41, 5.74) is 5.61. The lowest BCUT2D eigenvalue weighted by molar-refractivity contribution is 0.598. The monoisotopic (exact) mass is 287 g/mol. The van der Waals surface area contributed by atoms with E-state index in [1.807, 2.05) is 0 Å². The Morgan fingerprint density at radius 2 is 2.33 bits per heavy atom. The summed E-state index contributed by atoms with van der Waals surface area (Å²) < 4.78 is 27.7. The van der Waals surface area contributed by atoms with Gasteiger partial charge in [-0.05, 0) is 11.5 Å². The van der Waals surface area contributed by atoms with Gasteiger partial charge in [0.05, 0.1) is 12.3 Å². The van der Waals surface area contributed by atoms with Gasteiger partial charge in [0.15, 0.2) is 15.7 Å². The van der Waals surface area contributed by atoms with Gasteiger partial charge in [-0.15, -0.1) is 0 Å². The van der Waals surface area contributed by atoms with Crippen molar-refractivity contribution in [3.05, 3.63) is 18.2 Å². The number of nitrogens with one attached hydrogen (secondary N) is 2. The smallest absolute Gasteiger partial charge is 0.184 e. The first kappa shape index (κ1) is 12.8. The number of aromatic amines is 1. The van der Waals surface area contributed by atoms with Gasteiger partial charge >= 0.3 is 0 Å². The predicted octanol–water partition coefficient (Wildman–Crippen LogP) is 0.854. The van der Waals surface area contributed by atoms with Crippen molar-refractivity contribution in [1.82, 2.24) is 14.3 Å². The van der Waals surface area contributed by atoms with Crippen molar-refractivity contribution >= 4 is 32.2 Å². The zero-order valence-electron chi connectivity index (χ0n) is 9.67. The normalized spacial score (nSPS) is 11.6. The molecule has 0 saturated heterocycles. The summed E-state index contributed by atoms with van der Waals surface area (Å²) in [6.07, 6.45) is 3.32. The molecule has 0 fully saturated rings. The van der Waals surface area contributed by atoms with Crippen molar-refractivity contribution in [3.8, 4) is 0 Å². The number of H-pyrrole nitrogens is 1. The van der Waals surface area contributed by atoms with Gasteiger partial charge < -0.3 is 16.0 Å². The van der Waals surface area contributed by atoms with Crippen molar-refractivity contribution in [2.45, 2.75) is 18.4 Å². The van der Waals surface area contributed by atoms with Crippen molar-refractivity contribution in [2.75, 3.05) is 16.8 Å². The molecule has 0 aliphatic heterocycles. The van der Waals surface area contributed by atoms with E-state index < -0.39 is 9.84 Å². The van der Waals surface area contributed by atoms with E-state index in [-0.39, 0.29) is 16.5 Å². The van der Waals surface area contributed by atoms with E-state index in [9.17, 15) is 8.42 Å². The summed E-state index contributed by atoms with van der Waals surface area (Å²) in [6.45, 7) is 1.96. The molecule has 98 valence electrons. The molecule has 2 aromatic heterocycles. The summed E-state index contributed by atoms with van der Waals surface area (Å²) in [5, 5.41) is 3.43. The van der Waals surface area contributed by atoms with E-state index in [2.05, 4.69) is 19.7 Å². The zero-order valence-corrected chi connectivity index (χ0v) is 11.3. The van der Waals surface area contributed by atoms with E-state index in [0.717, 1.165) is 11.5 Å². The van der Waals surface area contributed by atoms with Gasteiger partial charge in [-0.25, -0.2) is 13.4 Å². The number of nitrogens with two attached hydrogens (primary N) is 1. The number of nitrogens with zero attached hydrogens (tertiary/aromatic N) is 2. The molecule has 2 heterocycles. The lowest BCUT2D eigenvalue weighted by Gasteiger charge is -2.05. The highest BCUT2D eigenvalue weighted by molar-refractivity contribution is 7.91. The molecule has 0 saturated carbocycles. The number of rotatable bonds is 5. The minimum atomic E-state index is -3.38. The van der Waals surface area contributed by atoms with Gasteiger partial charge in [-0.2, -0.15) is 4.37 Å². The number of aromatic nitrogens is 3. The van der Waals surface area contributed by atoms with Crippen LogP contribution < -0.4 is 11.1 Å². The van der Waals surface area contributed by atoms with Crippen LogP contribution in [0.15, 0.2) is 17.3 Å². The second-order valence-corrected chi connectivity index (χ2v) is 6.51. The molecule has 0 amide bonds. The first-order valence-corrected chi connectivity index (χ1v) is 7.67. The molecule has 0 unspecified atom stereocenters. The quantitative estimate of drug-likeness (QED) is 0.751. The van der Waals surface area contributed by atoms with E-state index >= 15 is 0 Å². The van der Waals surface area contributed by atoms with Crippen molar-refractivity contribution < 1.29 is 8.42 Å². The van der Waals surface area contributed by atoms with Gasteiger partial charge in [0.2, 0.25) is 0 Å². The molecule has 7 nitrogen and oxygen atoms in total. The number of hydrogen-bond donors (Lipinski definition) is 3. The molecule has 2 aromatic rings. The average Bonchev–Trinajstić information content (AvgIpc) is 2.95. The minimum absolute atomic E-state index is 0.00888. The van der Waals surface area contributed by atoms with Crippen molar-refractivity contribution in [3.63, 3.8) is 0 Å². The highest BCUT2D eigenvalue weighted by Crippen LogP contribution is 2.32. The topological polar surface area (TPSA) is 114 Å². The Balaban J connectivity index is 2.24. The molecular formula is C9H13N5O2S2. The van der Waals surface area contributed by atoms with Crippen LogP contribution in [0, 0.1) is 0 Å². The summed E-state index contributed by atoms with van der Waals surface area (Å²) in [7, 11) is -3.38. The lowest BCUT2D eigenvalue weighted by Crippen LogP contribution is -2.09. The summed E-state index contributed by atoms with van der Waals surface area (Å²) in [4.78, 5) is 7.04. The molecule has 0 bridgehead atoms. The van der Waals surface area contributed by atoms with Gasteiger partial charge in [0.1, 0.15) is 15.7 Å². The molecule has 18 heavy (non-hydrogen) atoms. The first-order chi connectivity index (χ1) is 8.54. The van der Waals surface area contributed by atoms with Crippen LogP contribution in [0.4, 0.5) is 10.8 Å². The summed E-state index contributed by atoms with van der Waals surface area (Å²) in [6, 6.07) is 0. The van der Waals surface area contributed by atoms with Crippen LogP contribution in [0.5, 0.6) is 0 Å². The Bertz CT molecular complexity index is 617. The second kappa shape index (κ2) is 4.94.